The van der Waals surface area contributed by atoms with E-state index in [0.717, 1.165) is 32.5 Å². The first-order chi connectivity index (χ1) is 9.70. The number of pyridine rings is 1. The highest BCUT2D eigenvalue weighted by molar-refractivity contribution is 7.99. The molecule has 1 aliphatic rings. The molecule has 0 aliphatic carbocycles. The van der Waals surface area contributed by atoms with E-state index in [0.29, 0.717) is 0 Å². The van der Waals surface area contributed by atoms with Crippen molar-refractivity contribution >= 4 is 28.9 Å². The molecule has 4 rings (SSSR count). The van der Waals surface area contributed by atoms with Crippen LogP contribution in [-0.4, -0.2) is 26.1 Å². The minimum Gasteiger partial charge on any atom is -0.240 e. The van der Waals surface area contributed by atoms with Crippen LogP contribution in [0.5, 0.6) is 0 Å². The minimum atomic E-state index is 0.747. The van der Waals surface area contributed by atoms with Gasteiger partial charge in [0.25, 0.3) is 0 Å². The zero-order valence-electron chi connectivity index (χ0n) is 11.0. The van der Waals surface area contributed by atoms with E-state index < -0.39 is 0 Å². The van der Waals surface area contributed by atoms with Gasteiger partial charge in [-0.25, -0.2) is 4.98 Å². The third-order valence-electron chi connectivity index (χ3n) is 3.23. The Morgan fingerprint density at radius 3 is 2.90 bits per heavy atom. The number of aryl methyl sites for hydroxylation is 2. The van der Waals surface area contributed by atoms with Crippen molar-refractivity contribution in [2.75, 3.05) is 0 Å². The maximum Gasteiger partial charge on any atom is 0.218 e. The Balaban J connectivity index is 1.95. The normalized spacial score (nSPS) is 13.1. The van der Waals surface area contributed by atoms with Crippen LogP contribution in [0.3, 0.4) is 0 Å². The summed E-state index contributed by atoms with van der Waals surface area (Å²) in [4.78, 5) is 4.72. The second-order valence-electron chi connectivity index (χ2n) is 4.77. The lowest BCUT2D eigenvalue weighted by molar-refractivity contribution is 0.746. The molecule has 6 heteroatoms. The number of benzene rings is 1. The van der Waals surface area contributed by atoms with Crippen LogP contribution in [0, 0.1) is 13.8 Å². The quantitative estimate of drug-likeness (QED) is 0.497. The number of rotatable bonds is 0. The van der Waals surface area contributed by atoms with Crippen LogP contribution >= 0.6 is 11.8 Å². The van der Waals surface area contributed by atoms with E-state index in [1.165, 1.54) is 17.3 Å². The predicted octanol–water partition coefficient (Wildman–Crippen LogP) is 2.79. The van der Waals surface area contributed by atoms with Gasteiger partial charge in [0.2, 0.25) is 5.16 Å². The first kappa shape index (κ1) is 11.6. The summed E-state index contributed by atoms with van der Waals surface area (Å²) in [6.07, 6.45) is 1.82. The first-order valence-corrected chi connectivity index (χ1v) is 7.08. The van der Waals surface area contributed by atoms with Gasteiger partial charge in [0, 0.05) is 10.9 Å². The van der Waals surface area contributed by atoms with Gasteiger partial charge >= 0.3 is 0 Å². The summed E-state index contributed by atoms with van der Waals surface area (Å²) < 4.78 is 1.74. The van der Waals surface area contributed by atoms with E-state index in [1.807, 2.05) is 19.2 Å². The average Bonchev–Trinajstić information content (AvgIpc) is 2.68. The second kappa shape index (κ2) is 4.14. The lowest BCUT2D eigenvalue weighted by Crippen LogP contribution is -1.92. The van der Waals surface area contributed by atoms with Crippen LogP contribution in [0.25, 0.3) is 10.9 Å². The lowest BCUT2D eigenvalue weighted by atomic mass is 10.1. The molecule has 0 bridgehead atoms. The molecule has 5 nitrogen and oxygen atoms in total. The average molecular weight is 281 g/mol. The molecular weight excluding hydrogens is 270 g/mol. The molecule has 0 N–H and O–H groups in total. The Morgan fingerprint density at radius 2 is 2.00 bits per heavy atom. The van der Waals surface area contributed by atoms with E-state index >= 15 is 0 Å². The van der Waals surface area contributed by atoms with Crippen molar-refractivity contribution in [2.45, 2.75) is 24.0 Å². The third kappa shape index (κ3) is 1.72. The van der Waals surface area contributed by atoms with Crippen LogP contribution < -0.4 is 0 Å². The molecule has 0 amide bonds. The van der Waals surface area contributed by atoms with Gasteiger partial charge in [-0.1, -0.05) is 11.6 Å². The first-order valence-electron chi connectivity index (χ1n) is 6.26. The lowest BCUT2D eigenvalue weighted by Gasteiger charge is -2.04. The van der Waals surface area contributed by atoms with Gasteiger partial charge < -0.3 is 0 Å². The van der Waals surface area contributed by atoms with E-state index in [9.17, 15) is 0 Å². The fourth-order valence-corrected chi connectivity index (χ4v) is 3.10. The van der Waals surface area contributed by atoms with Gasteiger partial charge in [-0.15, -0.1) is 10.2 Å². The molecule has 0 spiro atoms. The summed E-state index contributed by atoms with van der Waals surface area (Å²) in [5, 5.41) is 15.4. The molecule has 0 saturated carbocycles. The molecule has 98 valence electrons. The fourth-order valence-electron chi connectivity index (χ4n) is 2.21. The zero-order chi connectivity index (χ0) is 13.7. The molecule has 0 saturated heterocycles. The van der Waals surface area contributed by atoms with E-state index in [1.54, 1.807) is 4.68 Å². The molecule has 3 heterocycles. The highest BCUT2D eigenvalue weighted by atomic mass is 32.2. The van der Waals surface area contributed by atoms with Gasteiger partial charge in [0.15, 0.2) is 5.82 Å². The van der Waals surface area contributed by atoms with E-state index in [4.69, 9.17) is 4.98 Å². The smallest absolute Gasteiger partial charge is 0.218 e. The summed E-state index contributed by atoms with van der Waals surface area (Å²) in [5.74, 6) is 0.775. The highest BCUT2D eigenvalue weighted by Crippen LogP contribution is 2.31. The van der Waals surface area contributed by atoms with Gasteiger partial charge in [-0.2, -0.15) is 9.78 Å². The molecule has 0 fully saturated rings. The molecule has 2 aromatic heterocycles. The summed E-state index contributed by atoms with van der Waals surface area (Å²) in [6.45, 7) is 3.97. The van der Waals surface area contributed by atoms with Gasteiger partial charge in [0.05, 0.1) is 11.7 Å². The van der Waals surface area contributed by atoms with Crippen molar-refractivity contribution in [3.63, 3.8) is 0 Å². The van der Waals surface area contributed by atoms with Crippen molar-refractivity contribution in [1.82, 2.24) is 19.9 Å². The summed E-state index contributed by atoms with van der Waals surface area (Å²) in [6, 6.07) is 8.38. The SMILES string of the molecule is Cc1ccc2nc3c(cc2c1)C=Nn1c(C)nnc1S3. The van der Waals surface area contributed by atoms with Crippen LogP contribution in [0.4, 0.5) is 0 Å². The highest BCUT2D eigenvalue weighted by Gasteiger charge is 2.17. The van der Waals surface area contributed by atoms with Crippen LogP contribution in [-0.2, 0) is 0 Å². The maximum absolute atomic E-state index is 4.72. The zero-order valence-corrected chi connectivity index (χ0v) is 11.8. The van der Waals surface area contributed by atoms with E-state index in [2.05, 4.69) is 40.4 Å². The molecule has 3 aromatic rings. The number of aromatic nitrogens is 4. The number of fused-ring (bicyclic) bond motifs is 3. The van der Waals surface area contributed by atoms with Crippen LogP contribution in [0.2, 0.25) is 0 Å². The topological polar surface area (TPSA) is 56.0 Å². The Labute approximate surface area is 119 Å². The Morgan fingerprint density at radius 1 is 1.10 bits per heavy atom. The monoisotopic (exact) mass is 281 g/mol. The second-order valence-corrected chi connectivity index (χ2v) is 5.72. The van der Waals surface area contributed by atoms with Gasteiger partial charge in [-0.05, 0) is 43.8 Å². The molecule has 1 aromatic carbocycles. The molecule has 0 radical (unpaired) electrons. The minimum absolute atomic E-state index is 0.747. The van der Waals surface area contributed by atoms with Crippen molar-refractivity contribution in [2.24, 2.45) is 5.10 Å². The summed E-state index contributed by atoms with van der Waals surface area (Å²) in [5.41, 5.74) is 3.23. The number of hydrogen-bond acceptors (Lipinski definition) is 5. The van der Waals surface area contributed by atoms with Crippen molar-refractivity contribution < 1.29 is 0 Å². The third-order valence-corrected chi connectivity index (χ3v) is 4.19. The van der Waals surface area contributed by atoms with Crippen LogP contribution in [0.15, 0.2) is 39.5 Å². The van der Waals surface area contributed by atoms with Gasteiger partial charge in [0.1, 0.15) is 5.03 Å². The van der Waals surface area contributed by atoms with Crippen molar-refractivity contribution in [3.05, 3.63) is 41.2 Å². The molecule has 1 aliphatic heterocycles. The molecular formula is C14H11N5S. The fraction of sp³-hybridized carbons (Fsp3) is 0.143. The predicted molar refractivity (Wildman–Crippen MR) is 78.4 cm³/mol. The summed E-state index contributed by atoms with van der Waals surface area (Å²) in [7, 11) is 0. The Bertz CT molecular complexity index is 865. The molecule has 20 heavy (non-hydrogen) atoms. The Kier molecular flexibility index (Phi) is 2.40. The summed E-state index contributed by atoms with van der Waals surface area (Å²) >= 11 is 1.50. The van der Waals surface area contributed by atoms with E-state index in [-0.39, 0.29) is 0 Å². The maximum atomic E-state index is 4.72. The van der Waals surface area contributed by atoms with Crippen molar-refractivity contribution in [3.8, 4) is 0 Å². The standard InChI is InChI=1S/C14H11N5S/c1-8-3-4-12-10(5-8)6-11-7-15-19-9(2)17-18-14(19)20-13(11)16-12/h3-7H,1-2H3. The Hall–Kier alpha value is -2.21. The van der Waals surface area contributed by atoms with Crippen molar-refractivity contribution in [1.29, 1.82) is 0 Å². The number of hydrogen-bond donors (Lipinski definition) is 0. The molecule has 0 atom stereocenters. The molecule has 0 unspecified atom stereocenters. The van der Waals surface area contributed by atoms with Crippen LogP contribution in [0.1, 0.15) is 17.0 Å². The largest absolute Gasteiger partial charge is 0.240 e. The van der Waals surface area contributed by atoms with Gasteiger partial charge in [-0.3, -0.25) is 0 Å². The number of nitrogens with zero attached hydrogens (tertiary/aromatic N) is 5.